The molecule has 1 aromatic heterocycles. The van der Waals surface area contributed by atoms with Crippen LogP contribution < -0.4 is 5.73 Å². The first-order valence-corrected chi connectivity index (χ1v) is 4.78. The molecule has 2 aromatic rings. The maximum absolute atomic E-state index is 5.51. The quantitative estimate of drug-likeness (QED) is 0.754. The Kier molecular flexibility index (Phi) is 2.21. The Morgan fingerprint density at radius 1 is 1.50 bits per heavy atom. The van der Waals surface area contributed by atoms with E-state index in [0.717, 1.165) is 16.6 Å². The lowest BCUT2D eigenvalue weighted by Crippen LogP contribution is -2.11. The Balaban J connectivity index is 2.60. The number of aromatic nitrogens is 2. The van der Waals surface area contributed by atoms with Gasteiger partial charge in [-0.15, -0.1) is 0 Å². The number of rotatable bonds is 2. The van der Waals surface area contributed by atoms with E-state index in [1.54, 1.807) is 0 Å². The molecule has 0 unspecified atom stereocenters. The minimum atomic E-state index is 0.480. The van der Waals surface area contributed by atoms with Crippen molar-refractivity contribution in [1.29, 1.82) is 0 Å². The summed E-state index contributed by atoms with van der Waals surface area (Å²) in [6.45, 7) is 0. The highest BCUT2D eigenvalue weighted by Crippen LogP contribution is 2.17. The predicted octanol–water partition coefficient (Wildman–Crippen LogP) is 1.40. The molecule has 4 heteroatoms. The van der Waals surface area contributed by atoms with Gasteiger partial charge in [0.2, 0.25) is 0 Å². The van der Waals surface area contributed by atoms with Gasteiger partial charge in [0.25, 0.3) is 0 Å². The average Bonchev–Trinajstić information content (AvgIpc) is 2.44. The molecular weight excluding hydrogens is 194 g/mol. The lowest BCUT2D eigenvalue weighted by molar-refractivity contribution is 0.779. The highest BCUT2D eigenvalue weighted by atomic mass is 32.1. The lowest BCUT2D eigenvalue weighted by atomic mass is 10.2. The van der Waals surface area contributed by atoms with Crippen molar-refractivity contribution in [2.75, 3.05) is 0 Å². The number of nitrogens with two attached hydrogens (primary N) is 1. The van der Waals surface area contributed by atoms with Gasteiger partial charge in [0.15, 0.2) is 0 Å². The van der Waals surface area contributed by atoms with Gasteiger partial charge < -0.3 is 5.73 Å². The summed E-state index contributed by atoms with van der Waals surface area (Å²) >= 11 is 4.88. The minimum Gasteiger partial charge on any atom is -0.393 e. The Labute approximate surface area is 87.5 Å². The van der Waals surface area contributed by atoms with Gasteiger partial charge in [-0.25, -0.2) is 0 Å². The highest BCUT2D eigenvalue weighted by Gasteiger charge is 2.07. The molecule has 0 amide bonds. The van der Waals surface area contributed by atoms with Crippen LogP contribution in [-0.2, 0) is 13.5 Å². The number of fused-ring (bicyclic) bond motifs is 1. The van der Waals surface area contributed by atoms with Crippen molar-refractivity contribution in [3.8, 4) is 0 Å². The largest absolute Gasteiger partial charge is 0.393 e. The van der Waals surface area contributed by atoms with Crippen LogP contribution in [0.5, 0.6) is 0 Å². The lowest BCUT2D eigenvalue weighted by Gasteiger charge is -1.93. The fourth-order valence-electron chi connectivity index (χ4n) is 1.58. The van der Waals surface area contributed by atoms with Crippen LogP contribution in [0.2, 0.25) is 0 Å². The van der Waals surface area contributed by atoms with Gasteiger partial charge in [0, 0.05) is 18.9 Å². The fraction of sp³-hybridized carbons (Fsp3) is 0.200. The topological polar surface area (TPSA) is 43.8 Å². The van der Waals surface area contributed by atoms with Crippen LogP contribution >= 0.6 is 12.2 Å². The van der Waals surface area contributed by atoms with Crippen molar-refractivity contribution < 1.29 is 0 Å². The van der Waals surface area contributed by atoms with Gasteiger partial charge in [0.05, 0.1) is 16.2 Å². The van der Waals surface area contributed by atoms with Crippen LogP contribution in [0.1, 0.15) is 5.69 Å². The van der Waals surface area contributed by atoms with Crippen molar-refractivity contribution in [2.24, 2.45) is 12.8 Å². The van der Waals surface area contributed by atoms with Gasteiger partial charge in [-0.2, -0.15) is 5.10 Å². The molecule has 0 aliphatic heterocycles. The number of para-hydroxylation sites is 1. The van der Waals surface area contributed by atoms with E-state index >= 15 is 0 Å². The summed E-state index contributed by atoms with van der Waals surface area (Å²) < 4.78 is 1.85. The second-order valence-electron chi connectivity index (χ2n) is 3.23. The molecule has 0 aliphatic carbocycles. The predicted molar refractivity (Wildman–Crippen MR) is 61.2 cm³/mol. The van der Waals surface area contributed by atoms with E-state index in [4.69, 9.17) is 18.0 Å². The fourth-order valence-corrected chi connectivity index (χ4v) is 1.72. The van der Waals surface area contributed by atoms with Crippen LogP contribution in [0.15, 0.2) is 24.3 Å². The van der Waals surface area contributed by atoms with Gasteiger partial charge in [-0.3, -0.25) is 4.68 Å². The van der Waals surface area contributed by atoms with Crippen LogP contribution in [0.25, 0.3) is 10.9 Å². The van der Waals surface area contributed by atoms with Gasteiger partial charge in [-0.05, 0) is 6.07 Å². The summed E-state index contributed by atoms with van der Waals surface area (Å²) in [7, 11) is 1.92. The first kappa shape index (κ1) is 9.15. The smallest absolute Gasteiger partial charge is 0.0788 e. The van der Waals surface area contributed by atoms with Crippen LogP contribution in [0.4, 0.5) is 0 Å². The van der Waals surface area contributed by atoms with Gasteiger partial charge in [-0.1, -0.05) is 30.4 Å². The molecule has 0 aliphatic rings. The standard InChI is InChI=1S/C10H11N3S/c1-13-9-5-3-2-4-7(9)8(12-13)6-10(11)14/h2-5H,6H2,1H3,(H2,11,14). The molecule has 0 fully saturated rings. The third-order valence-electron chi connectivity index (χ3n) is 2.18. The third-order valence-corrected chi connectivity index (χ3v) is 2.32. The van der Waals surface area contributed by atoms with Gasteiger partial charge >= 0.3 is 0 Å². The summed E-state index contributed by atoms with van der Waals surface area (Å²) in [6, 6.07) is 8.06. The summed E-state index contributed by atoms with van der Waals surface area (Å²) in [6.07, 6.45) is 0.566. The second-order valence-corrected chi connectivity index (χ2v) is 3.75. The molecule has 0 saturated heterocycles. The molecule has 0 saturated carbocycles. The number of thiocarbonyl (C=S) groups is 1. The van der Waals surface area contributed by atoms with Crippen molar-refractivity contribution >= 4 is 28.1 Å². The molecule has 0 bridgehead atoms. The molecule has 0 radical (unpaired) electrons. The van der Waals surface area contributed by atoms with Gasteiger partial charge in [0.1, 0.15) is 0 Å². The van der Waals surface area contributed by atoms with E-state index in [-0.39, 0.29) is 0 Å². The maximum Gasteiger partial charge on any atom is 0.0788 e. The minimum absolute atomic E-state index is 0.480. The van der Waals surface area contributed by atoms with E-state index in [1.165, 1.54) is 0 Å². The zero-order valence-electron chi connectivity index (χ0n) is 7.90. The van der Waals surface area contributed by atoms with Crippen molar-refractivity contribution in [3.63, 3.8) is 0 Å². The summed E-state index contributed by atoms with van der Waals surface area (Å²) in [5, 5.41) is 5.51. The molecule has 2 N–H and O–H groups in total. The summed E-state index contributed by atoms with van der Waals surface area (Å²) in [4.78, 5) is 0.480. The SMILES string of the molecule is Cn1nc(CC(N)=S)c2ccccc21. The normalized spacial score (nSPS) is 10.6. The first-order chi connectivity index (χ1) is 6.68. The molecule has 1 heterocycles. The molecule has 0 spiro atoms. The monoisotopic (exact) mass is 205 g/mol. The van der Waals surface area contributed by atoms with Crippen LogP contribution in [-0.4, -0.2) is 14.8 Å². The molecule has 0 atom stereocenters. The Hall–Kier alpha value is -1.42. The Bertz CT molecular complexity index is 487. The van der Waals surface area contributed by atoms with Crippen LogP contribution in [0.3, 0.4) is 0 Å². The summed E-state index contributed by atoms with van der Waals surface area (Å²) in [5.41, 5.74) is 7.57. The number of hydrogen-bond acceptors (Lipinski definition) is 2. The van der Waals surface area contributed by atoms with E-state index in [0.29, 0.717) is 11.4 Å². The molecule has 14 heavy (non-hydrogen) atoms. The zero-order chi connectivity index (χ0) is 10.1. The third kappa shape index (κ3) is 1.48. The molecule has 1 aromatic carbocycles. The maximum atomic E-state index is 5.51. The Morgan fingerprint density at radius 3 is 2.93 bits per heavy atom. The number of aryl methyl sites for hydroxylation is 1. The molecular formula is C10H11N3S. The van der Waals surface area contributed by atoms with Crippen LogP contribution in [0, 0.1) is 0 Å². The van der Waals surface area contributed by atoms with Crippen molar-refractivity contribution in [3.05, 3.63) is 30.0 Å². The number of nitrogens with zero attached hydrogens (tertiary/aromatic N) is 2. The molecule has 3 nitrogen and oxygen atoms in total. The number of hydrogen-bond donors (Lipinski definition) is 1. The average molecular weight is 205 g/mol. The highest BCUT2D eigenvalue weighted by molar-refractivity contribution is 7.80. The van der Waals surface area contributed by atoms with E-state index < -0.39 is 0 Å². The number of benzene rings is 1. The molecule has 72 valence electrons. The van der Waals surface area contributed by atoms with Crippen molar-refractivity contribution in [2.45, 2.75) is 6.42 Å². The molecule has 2 rings (SSSR count). The van der Waals surface area contributed by atoms with Crippen molar-refractivity contribution in [1.82, 2.24) is 9.78 Å². The Morgan fingerprint density at radius 2 is 2.21 bits per heavy atom. The van der Waals surface area contributed by atoms with E-state index in [9.17, 15) is 0 Å². The first-order valence-electron chi connectivity index (χ1n) is 4.37. The van der Waals surface area contributed by atoms with E-state index in [1.807, 2.05) is 36.0 Å². The van der Waals surface area contributed by atoms with E-state index in [2.05, 4.69) is 5.10 Å². The second kappa shape index (κ2) is 3.38. The zero-order valence-corrected chi connectivity index (χ0v) is 8.71. The summed E-state index contributed by atoms with van der Waals surface area (Å²) in [5.74, 6) is 0.